The fraction of sp³-hybridized carbons (Fsp3) is 0.562. The molecule has 1 N–H and O–H groups in total. The van der Waals surface area contributed by atoms with E-state index in [2.05, 4.69) is 37.6 Å². The first-order valence-electron chi connectivity index (χ1n) is 7.29. The van der Waals surface area contributed by atoms with Gasteiger partial charge in [0.05, 0.1) is 12.2 Å². The van der Waals surface area contributed by atoms with Crippen molar-refractivity contribution >= 4 is 17.7 Å². The van der Waals surface area contributed by atoms with Gasteiger partial charge < -0.3 is 4.90 Å². The van der Waals surface area contributed by atoms with Crippen LogP contribution in [0, 0.1) is 0 Å². The van der Waals surface area contributed by atoms with Crippen molar-refractivity contribution in [2.24, 2.45) is 0 Å². The Kier molecular flexibility index (Phi) is 5.49. The van der Waals surface area contributed by atoms with Crippen LogP contribution in [0.4, 0.5) is 0 Å². The predicted octanol–water partition coefficient (Wildman–Crippen LogP) is 2.52. The monoisotopic (exact) mass is 292 g/mol. The summed E-state index contributed by atoms with van der Waals surface area (Å²) >= 11 is 1.81. The van der Waals surface area contributed by atoms with Gasteiger partial charge in [-0.05, 0) is 24.7 Å². The topological polar surface area (TPSA) is 32.3 Å². The average Bonchev–Trinajstić information content (AvgIpc) is 2.77. The molecule has 0 radical (unpaired) electrons. The number of hydrogen-bond acceptors (Lipinski definition) is 3. The van der Waals surface area contributed by atoms with E-state index >= 15 is 0 Å². The number of carbonyl (C=O) groups is 1. The molecule has 110 valence electrons. The Labute approximate surface area is 126 Å². The largest absolute Gasteiger partial charge is 0.325 e. The SMILES string of the molecule is CCC1NC(Cc2ccccc2)C(=O)N1CC(C)SC. The molecule has 0 spiro atoms. The number of carbonyl (C=O) groups excluding carboxylic acids is 1. The van der Waals surface area contributed by atoms with E-state index in [0.717, 1.165) is 19.4 Å². The second kappa shape index (κ2) is 7.14. The lowest BCUT2D eigenvalue weighted by Gasteiger charge is -2.25. The molecule has 3 nitrogen and oxygen atoms in total. The molecule has 2 rings (SSSR count). The number of nitrogens with zero attached hydrogens (tertiary/aromatic N) is 1. The molecule has 0 saturated carbocycles. The highest BCUT2D eigenvalue weighted by Gasteiger charge is 2.37. The second-order valence-electron chi connectivity index (χ2n) is 5.37. The Morgan fingerprint density at radius 3 is 2.65 bits per heavy atom. The Morgan fingerprint density at radius 1 is 1.35 bits per heavy atom. The third kappa shape index (κ3) is 3.55. The van der Waals surface area contributed by atoms with Gasteiger partial charge in [-0.1, -0.05) is 44.2 Å². The zero-order valence-corrected chi connectivity index (χ0v) is 13.3. The summed E-state index contributed by atoms with van der Waals surface area (Å²) in [5.74, 6) is 0.251. The molecule has 1 saturated heterocycles. The summed E-state index contributed by atoms with van der Waals surface area (Å²) in [6.45, 7) is 5.14. The molecule has 1 heterocycles. The van der Waals surface area contributed by atoms with Gasteiger partial charge in [0.15, 0.2) is 0 Å². The van der Waals surface area contributed by atoms with Crippen LogP contribution >= 0.6 is 11.8 Å². The molecular formula is C16H24N2OS. The van der Waals surface area contributed by atoms with E-state index in [1.165, 1.54) is 5.56 Å². The minimum Gasteiger partial charge on any atom is -0.325 e. The summed E-state index contributed by atoms with van der Waals surface area (Å²) in [7, 11) is 0. The van der Waals surface area contributed by atoms with E-state index in [9.17, 15) is 4.79 Å². The molecular weight excluding hydrogens is 268 g/mol. The van der Waals surface area contributed by atoms with Crippen LogP contribution in [0.15, 0.2) is 30.3 Å². The number of amides is 1. The van der Waals surface area contributed by atoms with Gasteiger partial charge in [0, 0.05) is 11.8 Å². The fourth-order valence-electron chi connectivity index (χ4n) is 2.65. The minimum absolute atomic E-state index is 0.0728. The van der Waals surface area contributed by atoms with Crippen LogP contribution in [0.3, 0.4) is 0 Å². The van der Waals surface area contributed by atoms with E-state index in [1.807, 2.05) is 34.9 Å². The minimum atomic E-state index is -0.0728. The number of nitrogens with one attached hydrogen (secondary N) is 1. The predicted molar refractivity (Wildman–Crippen MR) is 85.8 cm³/mol. The molecule has 1 amide bonds. The molecule has 3 unspecified atom stereocenters. The smallest absolute Gasteiger partial charge is 0.241 e. The fourth-order valence-corrected chi connectivity index (χ4v) is 2.96. The van der Waals surface area contributed by atoms with Crippen LogP contribution < -0.4 is 5.32 Å². The van der Waals surface area contributed by atoms with Crippen molar-refractivity contribution in [2.45, 2.75) is 44.1 Å². The summed E-state index contributed by atoms with van der Waals surface area (Å²) in [4.78, 5) is 14.6. The lowest BCUT2D eigenvalue weighted by Crippen LogP contribution is -2.40. The normalized spacial score (nSPS) is 24.1. The number of hydrogen-bond donors (Lipinski definition) is 1. The first kappa shape index (κ1) is 15.4. The van der Waals surface area contributed by atoms with Gasteiger partial charge in [-0.15, -0.1) is 0 Å². The molecule has 20 heavy (non-hydrogen) atoms. The lowest BCUT2D eigenvalue weighted by atomic mass is 10.1. The Morgan fingerprint density at radius 2 is 2.05 bits per heavy atom. The molecule has 0 bridgehead atoms. The molecule has 1 aliphatic rings. The van der Waals surface area contributed by atoms with Crippen LogP contribution in [0.2, 0.25) is 0 Å². The van der Waals surface area contributed by atoms with Gasteiger partial charge in [-0.25, -0.2) is 0 Å². The van der Waals surface area contributed by atoms with Crippen LogP contribution in [0.1, 0.15) is 25.8 Å². The van der Waals surface area contributed by atoms with Crippen molar-refractivity contribution in [3.8, 4) is 0 Å². The zero-order valence-electron chi connectivity index (χ0n) is 12.5. The lowest BCUT2D eigenvalue weighted by molar-refractivity contribution is -0.130. The van der Waals surface area contributed by atoms with Gasteiger partial charge in [-0.3, -0.25) is 10.1 Å². The number of benzene rings is 1. The highest BCUT2D eigenvalue weighted by atomic mass is 32.2. The van der Waals surface area contributed by atoms with Crippen molar-refractivity contribution in [1.82, 2.24) is 10.2 Å². The molecule has 1 aliphatic heterocycles. The van der Waals surface area contributed by atoms with Gasteiger partial charge in [0.1, 0.15) is 0 Å². The maximum atomic E-state index is 12.6. The maximum absolute atomic E-state index is 12.6. The summed E-state index contributed by atoms with van der Waals surface area (Å²) in [6.07, 6.45) is 4.02. The van der Waals surface area contributed by atoms with Crippen molar-refractivity contribution in [3.63, 3.8) is 0 Å². The molecule has 0 aliphatic carbocycles. The van der Waals surface area contributed by atoms with Gasteiger partial charge in [0.2, 0.25) is 5.91 Å². The Hall–Kier alpha value is -1.00. The van der Waals surface area contributed by atoms with E-state index in [-0.39, 0.29) is 18.1 Å². The van der Waals surface area contributed by atoms with Gasteiger partial charge in [-0.2, -0.15) is 11.8 Å². The van der Waals surface area contributed by atoms with Crippen molar-refractivity contribution in [2.75, 3.05) is 12.8 Å². The Balaban J connectivity index is 2.04. The molecule has 0 aromatic heterocycles. The van der Waals surface area contributed by atoms with Crippen LogP contribution in [-0.2, 0) is 11.2 Å². The zero-order chi connectivity index (χ0) is 14.5. The molecule has 3 atom stereocenters. The van der Waals surface area contributed by atoms with Gasteiger partial charge >= 0.3 is 0 Å². The maximum Gasteiger partial charge on any atom is 0.241 e. The molecule has 1 aromatic rings. The van der Waals surface area contributed by atoms with Crippen LogP contribution in [0.5, 0.6) is 0 Å². The van der Waals surface area contributed by atoms with E-state index in [4.69, 9.17) is 0 Å². The summed E-state index contributed by atoms with van der Waals surface area (Å²) in [5, 5.41) is 3.96. The van der Waals surface area contributed by atoms with Crippen molar-refractivity contribution in [1.29, 1.82) is 0 Å². The first-order chi connectivity index (χ1) is 9.65. The molecule has 1 aromatic carbocycles. The van der Waals surface area contributed by atoms with Gasteiger partial charge in [0.25, 0.3) is 0 Å². The highest BCUT2D eigenvalue weighted by molar-refractivity contribution is 7.99. The van der Waals surface area contributed by atoms with E-state index in [1.54, 1.807) is 0 Å². The number of thioether (sulfide) groups is 1. The third-order valence-corrected chi connectivity index (χ3v) is 4.83. The van der Waals surface area contributed by atoms with Crippen LogP contribution in [-0.4, -0.2) is 41.1 Å². The van der Waals surface area contributed by atoms with Crippen LogP contribution in [0.25, 0.3) is 0 Å². The Bertz CT molecular complexity index is 437. The van der Waals surface area contributed by atoms with Crippen molar-refractivity contribution < 1.29 is 4.79 Å². The third-order valence-electron chi connectivity index (χ3n) is 3.88. The summed E-state index contributed by atoms with van der Waals surface area (Å²) in [5.41, 5.74) is 1.22. The molecule has 1 fully saturated rings. The van der Waals surface area contributed by atoms with Crippen molar-refractivity contribution in [3.05, 3.63) is 35.9 Å². The number of rotatable bonds is 6. The van der Waals surface area contributed by atoms with E-state index in [0.29, 0.717) is 5.25 Å². The summed E-state index contributed by atoms with van der Waals surface area (Å²) in [6, 6.07) is 10.2. The average molecular weight is 292 g/mol. The quantitative estimate of drug-likeness (QED) is 0.874. The second-order valence-corrected chi connectivity index (χ2v) is 6.65. The highest BCUT2D eigenvalue weighted by Crippen LogP contribution is 2.19. The standard InChI is InChI=1S/C16H24N2OS/c1-4-15-17-14(10-13-8-6-5-7-9-13)16(19)18(15)11-12(2)20-3/h5-9,12,14-15,17H,4,10-11H2,1-3H3. The van der Waals surface area contributed by atoms with E-state index < -0.39 is 0 Å². The first-order valence-corrected chi connectivity index (χ1v) is 8.57. The summed E-state index contributed by atoms with van der Waals surface area (Å²) < 4.78 is 0. The molecule has 4 heteroatoms.